The van der Waals surface area contributed by atoms with Crippen molar-refractivity contribution < 1.29 is 42.8 Å². The van der Waals surface area contributed by atoms with Crippen LogP contribution in [0, 0.1) is 0 Å². The van der Waals surface area contributed by atoms with Crippen LogP contribution in [0.15, 0.2) is 122 Å². The lowest BCUT2D eigenvalue weighted by molar-refractivity contribution is -0.117. The quantitative estimate of drug-likeness (QED) is 0.0568. The van der Waals surface area contributed by atoms with Crippen molar-refractivity contribution in [3.05, 3.63) is 150 Å². The second kappa shape index (κ2) is 19.0. The molecule has 3 heterocycles. The van der Waals surface area contributed by atoms with Gasteiger partial charge in [-0.05, 0) is 61.4 Å². The molecular formula is C46H44N4O9. The van der Waals surface area contributed by atoms with Crippen molar-refractivity contribution in [2.75, 3.05) is 38.7 Å². The van der Waals surface area contributed by atoms with Gasteiger partial charge in [-0.3, -0.25) is 19.7 Å². The van der Waals surface area contributed by atoms with E-state index in [0.29, 0.717) is 65.9 Å². The number of para-hydroxylation sites is 1. The predicted octanol–water partition coefficient (Wildman–Crippen LogP) is 8.51. The number of fused-ring (bicyclic) bond motifs is 3. The summed E-state index contributed by atoms with van der Waals surface area (Å²) in [5.74, 6) is 1.04. The Bertz CT molecular complexity index is 2420. The van der Waals surface area contributed by atoms with Crippen LogP contribution in [-0.2, 0) is 25.5 Å². The SMILES string of the molecule is CCOC(=O)OC(C)OC(=O)c1ccccc1C1c2ccc(OC)cc2Oc2cc(OCCCN(CC(=O)Nc3cccc4cccnc34)Cc3ccccn3)ccc21. The molecule has 1 aliphatic heterocycles. The standard InChI is InChI=1S/C46H44N4O9/c1-4-55-46(53)58-30(2)57-45(52)36-16-6-5-15-35(36)43-37-20-18-33(54-3)26-40(37)59-41-27-34(19-21-38(41)43)56-25-11-24-50(28-32-14-7-8-22-47-32)29-42(51)49-39-17-9-12-31-13-10-23-48-44(31)39/h5-10,12-23,26-27,30,43H,4,11,24-25,28-29H2,1-3H3,(H,49,51). The molecule has 6 aromatic rings. The third-order valence-corrected chi connectivity index (χ3v) is 9.61. The number of nitrogens with zero attached hydrogens (tertiary/aromatic N) is 3. The summed E-state index contributed by atoms with van der Waals surface area (Å²) in [4.78, 5) is 49.8. The average Bonchev–Trinajstić information content (AvgIpc) is 3.24. The first-order valence-electron chi connectivity index (χ1n) is 19.3. The molecule has 0 radical (unpaired) electrons. The zero-order valence-electron chi connectivity index (χ0n) is 33.0. The molecule has 302 valence electrons. The van der Waals surface area contributed by atoms with E-state index in [9.17, 15) is 14.4 Å². The highest BCUT2D eigenvalue weighted by Crippen LogP contribution is 2.50. The maximum absolute atomic E-state index is 13.6. The number of pyridine rings is 2. The number of carbonyl (C=O) groups excluding carboxylic acids is 3. The molecule has 0 saturated carbocycles. The van der Waals surface area contributed by atoms with Crippen LogP contribution in [0.4, 0.5) is 10.5 Å². The fourth-order valence-electron chi connectivity index (χ4n) is 6.99. The van der Waals surface area contributed by atoms with Crippen molar-refractivity contribution in [2.24, 2.45) is 0 Å². The number of benzene rings is 4. The molecule has 13 nitrogen and oxygen atoms in total. The monoisotopic (exact) mass is 796 g/mol. The van der Waals surface area contributed by atoms with E-state index in [0.717, 1.165) is 27.7 Å². The van der Waals surface area contributed by atoms with Crippen molar-refractivity contribution in [3.63, 3.8) is 0 Å². The number of hydrogen-bond acceptors (Lipinski definition) is 12. The van der Waals surface area contributed by atoms with E-state index >= 15 is 0 Å². The fraction of sp³-hybridized carbons (Fsp3) is 0.239. The molecular weight excluding hydrogens is 753 g/mol. The van der Waals surface area contributed by atoms with E-state index in [-0.39, 0.29) is 19.1 Å². The van der Waals surface area contributed by atoms with Gasteiger partial charge >= 0.3 is 12.1 Å². The van der Waals surface area contributed by atoms with Gasteiger partial charge in [0.1, 0.15) is 23.0 Å². The van der Waals surface area contributed by atoms with Gasteiger partial charge in [0.25, 0.3) is 0 Å². The van der Waals surface area contributed by atoms with Crippen LogP contribution in [0.1, 0.15) is 58.9 Å². The van der Waals surface area contributed by atoms with Crippen LogP contribution in [0.25, 0.3) is 10.9 Å². The van der Waals surface area contributed by atoms with Crippen molar-refractivity contribution >= 4 is 34.6 Å². The first kappa shape index (κ1) is 40.2. The number of aromatic nitrogens is 2. The van der Waals surface area contributed by atoms with Gasteiger partial charge in [-0.2, -0.15) is 0 Å². The molecule has 1 aliphatic rings. The summed E-state index contributed by atoms with van der Waals surface area (Å²) in [7, 11) is 1.58. The van der Waals surface area contributed by atoms with Gasteiger partial charge in [-0.15, -0.1) is 0 Å². The lowest BCUT2D eigenvalue weighted by atomic mass is 9.80. The van der Waals surface area contributed by atoms with Crippen LogP contribution >= 0.6 is 0 Å². The molecule has 13 heteroatoms. The number of amides is 1. The van der Waals surface area contributed by atoms with Crippen LogP contribution < -0.4 is 19.5 Å². The first-order chi connectivity index (χ1) is 28.8. The zero-order chi connectivity index (χ0) is 41.1. The van der Waals surface area contributed by atoms with Gasteiger partial charge in [0.2, 0.25) is 12.2 Å². The molecule has 0 saturated heterocycles. The van der Waals surface area contributed by atoms with E-state index < -0.39 is 24.3 Å². The Kier molecular flexibility index (Phi) is 12.9. The van der Waals surface area contributed by atoms with Gasteiger partial charge in [-0.1, -0.05) is 54.6 Å². The van der Waals surface area contributed by atoms with Crippen LogP contribution in [0.3, 0.4) is 0 Å². The molecule has 4 aromatic carbocycles. The summed E-state index contributed by atoms with van der Waals surface area (Å²) < 4.78 is 33.7. The highest BCUT2D eigenvalue weighted by Gasteiger charge is 2.33. The number of methoxy groups -OCH3 is 1. The topological polar surface area (TPSA) is 148 Å². The molecule has 59 heavy (non-hydrogen) atoms. The van der Waals surface area contributed by atoms with Crippen LogP contribution in [-0.4, -0.2) is 72.6 Å². The van der Waals surface area contributed by atoms with Crippen molar-refractivity contribution in [2.45, 2.75) is 39.0 Å². The predicted molar refractivity (Wildman–Crippen MR) is 220 cm³/mol. The Morgan fingerprint density at radius 1 is 0.814 bits per heavy atom. The van der Waals surface area contributed by atoms with Gasteiger partial charge in [0.15, 0.2) is 0 Å². The summed E-state index contributed by atoms with van der Waals surface area (Å²) in [5, 5.41) is 3.98. The third-order valence-electron chi connectivity index (χ3n) is 9.61. The number of nitrogens with one attached hydrogen (secondary N) is 1. The maximum atomic E-state index is 13.6. The second-order valence-electron chi connectivity index (χ2n) is 13.7. The highest BCUT2D eigenvalue weighted by atomic mass is 16.8. The van der Waals surface area contributed by atoms with Gasteiger partial charge in [-0.25, -0.2) is 9.59 Å². The van der Waals surface area contributed by atoms with Crippen molar-refractivity contribution in [3.8, 4) is 23.0 Å². The van der Waals surface area contributed by atoms with Gasteiger partial charge < -0.3 is 33.7 Å². The average molecular weight is 797 g/mol. The zero-order valence-corrected chi connectivity index (χ0v) is 33.0. The number of ether oxygens (including phenoxy) is 6. The normalized spacial score (nSPS) is 13.3. The van der Waals surface area contributed by atoms with E-state index in [1.165, 1.54) is 6.92 Å². The van der Waals surface area contributed by atoms with Crippen molar-refractivity contribution in [1.82, 2.24) is 14.9 Å². The lowest BCUT2D eigenvalue weighted by Crippen LogP contribution is -2.34. The Morgan fingerprint density at radius 3 is 2.34 bits per heavy atom. The molecule has 1 amide bonds. The molecule has 0 spiro atoms. The molecule has 0 aliphatic carbocycles. The molecule has 0 bridgehead atoms. The first-order valence-corrected chi connectivity index (χ1v) is 19.3. The summed E-state index contributed by atoms with van der Waals surface area (Å²) in [5.41, 5.74) is 4.82. The summed E-state index contributed by atoms with van der Waals surface area (Å²) >= 11 is 0. The van der Waals surface area contributed by atoms with E-state index in [2.05, 4.69) is 15.3 Å². The number of hydrogen-bond donors (Lipinski definition) is 1. The minimum absolute atomic E-state index is 0.125. The Hall–Kier alpha value is -6.99. The highest BCUT2D eigenvalue weighted by molar-refractivity contribution is 6.01. The Labute approximate surface area is 341 Å². The van der Waals surface area contributed by atoms with E-state index in [1.54, 1.807) is 44.6 Å². The molecule has 2 atom stereocenters. The summed E-state index contributed by atoms with van der Waals surface area (Å²) in [6.45, 7) is 4.77. The third kappa shape index (κ3) is 9.94. The smallest absolute Gasteiger partial charge is 0.497 e. The van der Waals surface area contributed by atoms with Crippen LogP contribution in [0.2, 0.25) is 0 Å². The largest absolute Gasteiger partial charge is 0.511 e. The number of anilines is 1. The minimum Gasteiger partial charge on any atom is -0.497 e. The van der Waals surface area contributed by atoms with Crippen LogP contribution in [0.5, 0.6) is 23.0 Å². The molecule has 1 N–H and O–H groups in total. The Balaban J connectivity index is 1.06. The molecule has 7 rings (SSSR count). The summed E-state index contributed by atoms with van der Waals surface area (Å²) in [6, 6.07) is 33.6. The van der Waals surface area contributed by atoms with E-state index in [1.807, 2.05) is 95.9 Å². The minimum atomic E-state index is -1.18. The van der Waals surface area contributed by atoms with E-state index in [4.69, 9.17) is 28.4 Å². The number of carbonyl (C=O) groups is 3. The number of rotatable bonds is 16. The van der Waals surface area contributed by atoms with Crippen molar-refractivity contribution in [1.29, 1.82) is 0 Å². The maximum Gasteiger partial charge on any atom is 0.511 e. The Morgan fingerprint density at radius 2 is 1.56 bits per heavy atom. The number of esters is 1. The molecule has 0 fully saturated rings. The van der Waals surface area contributed by atoms with Gasteiger partial charge in [0.05, 0.1) is 49.3 Å². The summed E-state index contributed by atoms with van der Waals surface area (Å²) in [6.07, 6.45) is 1.95. The lowest BCUT2D eigenvalue weighted by Gasteiger charge is -2.30. The van der Waals surface area contributed by atoms with Gasteiger partial charge in [0, 0.05) is 67.0 Å². The fourth-order valence-corrected chi connectivity index (χ4v) is 6.99. The molecule has 2 unspecified atom stereocenters. The second-order valence-corrected chi connectivity index (χ2v) is 13.7. The molecule has 2 aromatic heterocycles.